The van der Waals surface area contributed by atoms with Gasteiger partial charge >= 0.3 is 11.9 Å². The standard InChI is InChI=1S/C61H100ClN5O18/c1-15-47-61(10,76)53(71)38(6)66(13)32-34(2)30-59(8,75)54(85-58-51(70)46(65(11)12)27-35(3)81-58)36(4)52(37(5)57(74)83-47)84-49-31-60(9,77-14)55(39(7)82-49)80-22-16-17-48(68)64-21-24-79-26-25-78-23-20-63-44-28-41-45(29-43(44)62)67(40-18-19-40)33-42(50(41)69)56(72)73/h28-29,33-40,46-47,49,51-55,58,63,70-71,75-76H,15-27,30-32H2,1-14H3,(H,64,68)(H,72,73)/t34-,35-,36+,37-,38-,39+,46+,47-,49+,51-,52+,53-,54-,55+,58+,59-,60-,61-/m1/s1. The molecule has 6 rings (SSSR count). The molecule has 4 aliphatic rings. The number of nitrogens with zero attached hydrogens (tertiary/aromatic N) is 3. The van der Waals surface area contributed by atoms with E-state index in [1.807, 2.05) is 70.1 Å². The third-order valence-electron chi connectivity index (χ3n) is 17.8. The summed E-state index contributed by atoms with van der Waals surface area (Å²) in [4.78, 5) is 56.1. The zero-order valence-corrected chi connectivity index (χ0v) is 53.3. The molecule has 3 saturated heterocycles. The first-order chi connectivity index (χ1) is 40.0. The summed E-state index contributed by atoms with van der Waals surface area (Å²) in [6.07, 6.45) is -4.52. The number of carbonyl (C=O) groups is 3. The van der Waals surface area contributed by atoms with Gasteiger partial charge in [-0.25, -0.2) is 4.79 Å². The number of hydrogen-bond donors (Lipinski definition) is 7. The summed E-state index contributed by atoms with van der Waals surface area (Å²) in [5.41, 5.74) is -4.21. The minimum atomic E-state index is -1.85. The lowest BCUT2D eigenvalue weighted by Crippen LogP contribution is -2.61. The second-order valence-corrected chi connectivity index (χ2v) is 25.7. The number of pyridine rings is 1. The number of carboxylic acids is 1. The topological polar surface area (TPSA) is 288 Å². The van der Waals surface area contributed by atoms with Crippen LogP contribution < -0.4 is 16.1 Å². The van der Waals surface area contributed by atoms with E-state index in [2.05, 4.69) is 10.6 Å². The molecular weight excluding hydrogens is 1130 g/mol. The van der Waals surface area contributed by atoms with Crippen molar-refractivity contribution in [2.24, 2.45) is 17.8 Å². The van der Waals surface area contributed by atoms with Gasteiger partial charge in [-0.15, -0.1) is 0 Å². The van der Waals surface area contributed by atoms with E-state index in [1.165, 1.54) is 13.1 Å². The average Bonchev–Trinajstić information content (AvgIpc) is 2.81. The largest absolute Gasteiger partial charge is 0.477 e. The van der Waals surface area contributed by atoms with E-state index in [0.717, 1.165) is 12.8 Å². The predicted octanol–water partition coefficient (Wildman–Crippen LogP) is 4.97. The lowest BCUT2D eigenvalue weighted by atomic mass is 9.77. The van der Waals surface area contributed by atoms with E-state index in [-0.39, 0.29) is 93.0 Å². The monoisotopic (exact) mass is 1230 g/mol. The van der Waals surface area contributed by atoms with Crippen LogP contribution in [0.15, 0.2) is 23.1 Å². The van der Waals surface area contributed by atoms with E-state index in [4.69, 9.17) is 54.2 Å². The van der Waals surface area contributed by atoms with Crippen LogP contribution in [0.5, 0.6) is 0 Å². The molecule has 484 valence electrons. The molecule has 2 aromatic rings. The number of cyclic esters (lactones) is 1. The van der Waals surface area contributed by atoms with Gasteiger partial charge in [0, 0.05) is 81.8 Å². The number of aliphatic hydroxyl groups excluding tert-OH is 2. The van der Waals surface area contributed by atoms with Gasteiger partial charge in [-0.05, 0) is 126 Å². The normalized spacial score (nSPS) is 35.7. The summed E-state index contributed by atoms with van der Waals surface area (Å²) in [5, 5.41) is 64.5. The van der Waals surface area contributed by atoms with Crippen molar-refractivity contribution in [3.05, 3.63) is 39.1 Å². The van der Waals surface area contributed by atoms with Crippen molar-refractivity contribution in [2.75, 3.05) is 86.2 Å². The van der Waals surface area contributed by atoms with Crippen LogP contribution in [0.25, 0.3) is 10.9 Å². The van der Waals surface area contributed by atoms with Crippen LogP contribution in [0.4, 0.5) is 5.69 Å². The number of esters is 1. The van der Waals surface area contributed by atoms with Gasteiger partial charge in [0.15, 0.2) is 12.6 Å². The van der Waals surface area contributed by atoms with Gasteiger partial charge in [-0.1, -0.05) is 32.4 Å². The quantitative estimate of drug-likeness (QED) is 0.0540. The number of methoxy groups -OCH3 is 1. The van der Waals surface area contributed by atoms with Gasteiger partial charge in [0.1, 0.15) is 35.6 Å². The highest BCUT2D eigenvalue weighted by Crippen LogP contribution is 2.42. The first-order valence-electron chi connectivity index (χ1n) is 30.4. The maximum absolute atomic E-state index is 14.6. The molecule has 24 heteroatoms. The number of halogens is 1. The average molecular weight is 1230 g/mol. The molecule has 0 bridgehead atoms. The molecule has 4 fully saturated rings. The van der Waals surface area contributed by atoms with Crippen molar-refractivity contribution < 1.29 is 82.5 Å². The van der Waals surface area contributed by atoms with Gasteiger partial charge in [0.25, 0.3) is 0 Å². The zero-order valence-electron chi connectivity index (χ0n) is 52.5. The predicted molar refractivity (Wildman–Crippen MR) is 319 cm³/mol. The molecule has 0 radical (unpaired) electrons. The summed E-state index contributed by atoms with van der Waals surface area (Å²) in [5.74, 6) is -4.23. The first-order valence-corrected chi connectivity index (χ1v) is 30.8. The molecule has 1 aromatic carbocycles. The Hall–Kier alpha value is -3.63. The van der Waals surface area contributed by atoms with E-state index in [1.54, 1.807) is 46.9 Å². The number of aromatic nitrogens is 1. The highest BCUT2D eigenvalue weighted by Gasteiger charge is 2.53. The van der Waals surface area contributed by atoms with Crippen molar-refractivity contribution in [3.8, 4) is 0 Å². The molecule has 18 atom stereocenters. The Morgan fingerprint density at radius 3 is 2.20 bits per heavy atom. The Kier molecular flexibility index (Phi) is 25.5. The molecule has 85 heavy (non-hydrogen) atoms. The SMILES string of the molecule is CC[C@H]1OC(=O)[C@H](C)[C@@H](O[C@H]2C[C@@](C)(OC)[C@@H](OCCCC(=O)NCCOCCOCCNc3cc4c(=O)c(C(=O)O)cn(C5CC5)c4cc3Cl)[C@H](C)O2)[C@H](C)[C@@H](O[C@@H]2O[C@H](C)C[C@H](N(C)C)[C@H]2O)[C@](C)(O)C[C@@H](C)CN(C)[C@H](C)[C@@H](O)[C@]1(C)O. The Labute approximate surface area is 506 Å². The Bertz CT molecular complexity index is 2570. The molecule has 7 N–H and O–H groups in total. The highest BCUT2D eigenvalue weighted by molar-refractivity contribution is 6.34. The second-order valence-electron chi connectivity index (χ2n) is 25.3. The molecule has 0 spiro atoms. The molecule has 3 aliphatic heterocycles. The molecule has 1 aliphatic carbocycles. The molecule has 1 amide bonds. The van der Waals surface area contributed by atoms with Gasteiger partial charge < -0.3 is 93.2 Å². The molecule has 1 aromatic heterocycles. The molecule has 1 saturated carbocycles. The smallest absolute Gasteiger partial charge is 0.341 e. The van der Waals surface area contributed by atoms with E-state index in [0.29, 0.717) is 55.4 Å². The number of nitrogens with one attached hydrogen (secondary N) is 2. The maximum Gasteiger partial charge on any atom is 0.341 e. The maximum atomic E-state index is 14.6. The number of anilines is 1. The number of ether oxygens (including phenoxy) is 9. The number of amides is 1. The Morgan fingerprint density at radius 1 is 0.906 bits per heavy atom. The fourth-order valence-electron chi connectivity index (χ4n) is 12.7. The third kappa shape index (κ3) is 17.8. The fourth-order valence-corrected chi connectivity index (χ4v) is 12.9. The van der Waals surface area contributed by atoms with Crippen molar-refractivity contribution >= 4 is 46.0 Å². The molecule has 23 nitrogen and oxygen atoms in total. The molecular formula is C61H100ClN5O18. The van der Waals surface area contributed by atoms with Crippen LogP contribution in [-0.2, 0) is 52.2 Å². The number of likely N-dealkylation sites (N-methyl/N-ethyl adjacent to an activating group) is 2. The minimum Gasteiger partial charge on any atom is -0.477 e. The lowest BCUT2D eigenvalue weighted by Gasteiger charge is -2.49. The number of benzene rings is 1. The molecule has 0 unspecified atom stereocenters. The minimum absolute atomic E-state index is 0.141. The van der Waals surface area contributed by atoms with Gasteiger partial charge in [-0.2, -0.15) is 0 Å². The number of hydrogen-bond acceptors (Lipinski definition) is 20. The number of rotatable bonds is 24. The van der Waals surface area contributed by atoms with Gasteiger partial charge in [-0.3, -0.25) is 14.4 Å². The number of aliphatic hydroxyl groups is 4. The summed E-state index contributed by atoms with van der Waals surface area (Å²) < 4.78 is 58.6. The summed E-state index contributed by atoms with van der Waals surface area (Å²) in [7, 11) is 7.16. The van der Waals surface area contributed by atoms with Crippen LogP contribution in [0.1, 0.15) is 137 Å². The van der Waals surface area contributed by atoms with Crippen LogP contribution in [0, 0.1) is 17.8 Å². The molecule has 4 heterocycles. The Morgan fingerprint density at radius 2 is 1.58 bits per heavy atom. The van der Waals surface area contributed by atoms with Crippen LogP contribution in [-0.4, -0.2) is 229 Å². The summed E-state index contributed by atoms with van der Waals surface area (Å²) >= 11 is 6.57. The first kappa shape index (κ1) is 70.5. The van der Waals surface area contributed by atoms with Crippen LogP contribution in [0.2, 0.25) is 5.02 Å². The van der Waals surface area contributed by atoms with Gasteiger partial charge in [0.05, 0.1) is 84.2 Å². The zero-order chi connectivity index (χ0) is 62.9. The summed E-state index contributed by atoms with van der Waals surface area (Å²) in [6.45, 7) is 20.2. The Balaban J connectivity index is 1.02. The van der Waals surface area contributed by atoms with Crippen LogP contribution >= 0.6 is 11.6 Å². The van der Waals surface area contributed by atoms with Gasteiger partial charge in [0.2, 0.25) is 11.3 Å². The third-order valence-corrected chi connectivity index (χ3v) is 18.1. The lowest BCUT2D eigenvalue weighted by molar-refractivity contribution is -0.320. The van der Waals surface area contributed by atoms with Crippen molar-refractivity contribution in [1.82, 2.24) is 19.7 Å². The number of fused-ring (bicyclic) bond motifs is 1. The summed E-state index contributed by atoms with van der Waals surface area (Å²) in [6, 6.07) is 2.52. The van der Waals surface area contributed by atoms with Crippen molar-refractivity contribution in [3.63, 3.8) is 0 Å². The highest BCUT2D eigenvalue weighted by atomic mass is 35.5. The van der Waals surface area contributed by atoms with E-state index >= 15 is 0 Å². The fraction of sp³-hybridized carbons (Fsp3) is 0.803. The number of carbonyl (C=O) groups excluding carboxylic acids is 2. The number of aromatic carboxylic acids is 1. The number of carboxylic acid groups (broad SMARTS) is 1. The van der Waals surface area contributed by atoms with Crippen molar-refractivity contribution in [1.29, 1.82) is 0 Å². The van der Waals surface area contributed by atoms with Crippen molar-refractivity contribution in [2.45, 2.75) is 217 Å². The second kappa shape index (κ2) is 30.7. The van der Waals surface area contributed by atoms with E-state index in [9.17, 15) is 44.7 Å². The van der Waals surface area contributed by atoms with E-state index < -0.39 is 107 Å². The van der Waals surface area contributed by atoms with Crippen LogP contribution in [0.3, 0.4) is 0 Å².